The molecule has 0 aromatic heterocycles. The summed E-state index contributed by atoms with van der Waals surface area (Å²) in [5, 5.41) is 5.33. The Morgan fingerprint density at radius 2 is 1.52 bits per heavy atom. The van der Waals surface area contributed by atoms with Crippen LogP contribution in [0.5, 0.6) is 0 Å². The van der Waals surface area contributed by atoms with Gasteiger partial charge in [0, 0.05) is 6.92 Å². The van der Waals surface area contributed by atoms with E-state index in [4.69, 9.17) is 4.74 Å². The van der Waals surface area contributed by atoms with E-state index in [1.54, 1.807) is 0 Å². The molecule has 0 heterocycles. The third kappa shape index (κ3) is 11.4. The van der Waals surface area contributed by atoms with Crippen LogP contribution in [0.3, 0.4) is 0 Å². The number of unbranched alkanes of at least 4 members (excludes halogenated alkanes) is 1. The van der Waals surface area contributed by atoms with Crippen LogP contribution < -0.4 is 10.6 Å². The van der Waals surface area contributed by atoms with Crippen molar-refractivity contribution in [2.75, 3.05) is 0 Å². The molecule has 156 valence electrons. The fraction of sp³-hybridized carbons (Fsp3) is 0.800. The minimum Gasteiger partial charge on any atom is -0.453 e. The third-order valence-corrected chi connectivity index (χ3v) is 3.97. The van der Waals surface area contributed by atoms with Crippen LogP contribution >= 0.6 is 0 Å². The number of hydrogen-bond donors (Lipinski definition) is 2. The zero-order chi connectivity index (χ0) is 21.0. The summed E-state index contributed by atoms with van der Waals surface area (Å²) in [6, 6.07) is -1.57. The van der Waals surface area contributed by atoms with Crippen LogP contribution in [0.25, 0.3) is 0 Å². The summed E-state index contributed by atoms with van der Waals surface area (Å²) < 4.78 is 5.30. The summed E-state index contributed by atoms with van der Waals surface area (Å²) in [7, 11) is 0. The van der Waals surface area contributed by atoms with Gasteiger partial charge in [-0.15, -0.1) is 0 Å². The van der Waals surface area contributed by atoms with Crippen molar-refractivity contribution in [3.8, 4) is 0 Å². The Morgan fingerprint density at radius 3 is 1.96 bits per heavy atom. The van der Waals surface area contributed by atoms with Crippen LogP contribution in [0.1, 0.15) is 73.6 Å². The van der Waals surface area contributed by atoms with Crippen LogP contribution in [0.2, 0.25) is 0 Å². The standard InChI is InChI=1S/C20H36N2O5/c1-7-8-9-16(12-23)27-20(26)18(11-14(4)5)22-19(25)17(10-13(2)3)21-15(6)24/h12-14,16-18H,7-11H2,1-6H3,(H,21,24)(H,22,25)/t16-,17-,18-/m0/s1. The molecule has 3 atom stereocenters. The zero-order valence-corrected chi connectivity index (χ0v) is 17.5. The van der Waals surface area contributed by atoms with E-state index in [-0.39, 0.29) is 17.7 Å². The van der Waals surface area contributed by atoms with Gasteiger partial charge in [-0.1, -0.05) is 41.0 Å². The van der Waals surface area contributed by atoms with Gasteiger partial charge < -0.3 is 15.4 Å². The van der Waals surface area contributed by atoms with E-state index in [1.807, 2.05) is 34.6 Å². The lowest BCUT2D eigenvalue weighted by Crippen LogP contribution is -2.52. The van der Waals surface area contributed by atoms with Crippen molar-refractivity contribution in [2.45, 2.75) is 91.8 Å². The number of rotatable bonds is 13. The molecule has 2 amide bonds. The Hall–Kier alpha value is -1.92. The van der Waals surface area contributed by atoms with E-state index in [2.05, 4.69) is 10.6 Å². The van der Waals surface area contributed by atoms with Crippen molar-refractivity contribution in [3.63, 3.8) is 0 Å². The highest BCUT2D eigenvalue weighted by molar-refractivity contribution is 5.90. The van der Waals surface area contributed by atoms with E-state index >= 15 is 0 Å². The first-order valence-corrected chi connectivity index (χ1v) is 9.83. The lowest BCUT2D eigenvalue weighted by molar-refractivity contribution is -0.156. The highest BCUT2D eigenvalue weighted by atomic mass is 16.5. The van der Waals surface area contributed by atoms with Crippen molar-refractivity contribution in [1.29, 1.82) is 0 Å². The molecule has 7 nitrogen and oxygen atoms in total. The van der Waals surface area contributed by atoms with Gasteiger partial charge in [-0.3, -0.25) is 14.4 Å². The number of aldehydes is 1. The molecule has 0 rings (SSSR count). The second-order valence-electron chi connectivity index (χ2n) is 7.83. The first-order chi connectivity index (χ1) is 12.6. The fourth-order valence-corrected chi connectivity index (χ4v) is 2.70. The van der Waals surface area contributed by atoms with Crippen molar-refractivity contribution < 1.29 is 23.9 Å². The van der Waals surface area contributed by atoms with Crippen LogP contribution in [0, 0.1) is 11.8 Å². The molecule has 0 aromatic rings. The van der Waals surface area contributed by atoms with Crippen molar-refractivity contribution in [3.05, 3.63) is 0 Å². The molecule has 2 N–H and O–H groups in total. The van der Waals surface area contributed by atoms with E-state index in [0.717, 1.165) is 12.8 Å². The predicted octanol–water partition coefficient (Wildman–Crippen LogP) is 2.37. The second-order valence-corrected chi connectivity index (χ2v) is 7.83. The van der Waals surface area contributed by atoms with E-state index in [0.29, 0.717) is 25.5 Å². The summed E-state index contributed by atoms with van der Waals surface area (Å²) in [6.45, 7) is 11.1. The van der Waals surface area contributed by atoms with E-state index in [1.165, 1.54) is 6.92 Å². The molecule has 0 saturated heterocycles. The van der Waals surface area contributed by atoms with Crippen molar-refractivity contribution in [1.82, 2.24) is 10.6 Å². The average Bonchev–Trinajstić information content (AvgIpc) is 2.55. The number of ether oxygens (including phenoxy) is 1. The fourth-order valence-electron chi connectivity index (χ4n) is 2.70. The van der Waals surface area contributed by atoms with Gasteiger partial charge in [-0.05, 0) is 37.5 Å². The summed E-state index contributed by atoms with van der Waals surface area (Å²) in [6.07, 6.45) is 2.81. The Balaban J connectivity index is 5.14. The summed E-state index contributed by atoms with van der Waals surface area (Å²) >= 11 is 0. The third-order valence-electron chi connectivity index (χ3n) is 3.97. The van der Waals surface area contributed by atoms with Crippen molar-refractivity contribution >= 4 is 24.1 Å². The molecule has 0 bridgehead atoms. The van der Waals surface area contributed by atoms with Gasteiger partial charge in [0.05, 0.1) is 0 Å². The highest BCUT2D eigenvalue weighted by Crippen LogP contribution is 2.12. The maximum atomic E-state index is 12.6. The molecule has 0 saturated carbocycles. The molecule has 0 aliphatic carbocycles. The predicted molar refractivity (Wildman–Crippen MR) is 104 cm³/mol. The highest BCUT2D eigenvalue weighted by Gasteiger charge is 2.29. The van der Waals surface area contributed by atoms with Gasteiger partial charge >= 0.3 is 5.97 Å². The Bertz CT molecular complexity index is 491. The van der Waals surface area contributed by atoms with Gasteiger partial charge in [-0.2, -0.15) is 0 Å². The Kier molecular flexibility index (Phi) is 12.3. The number of amides is 2. The Morgan fingerprint density at radius 1 is 0.963 bits per heavy atom. The Labute approximate surface area is 163 Å². The first kappa shape index (κ1) is 25.1. The van der Waals surface area contributed by atoms with Gasteiger partial charge in [0.1, 0.15) is 12.1 Å². The summed E-state index contributed by atoms with van der Waals surface area (Å²) in [4.78, 5) is 47.7. The summed E-state index contributed by atoms with van der Waals surface area (Å²) in [5.74, 6) is -1.01. The second kappa shape index (κ2) is 13.3. The molecule has 0 radical (unpaired) electrons. The monoisotopic (exact) mass is 384 g/mol. The average molecular weight is 385 g/mol. The van der Waals surface area contributed by atoms with Crippen LogP contribution in [-0.4, -0.2) is 42.3 Å². The van der Waals surface area contributed by atoms with Gasteiger partial charge in [-0.25, -0.2) is 4.79 Å². The van der Waals surface area contributed by atoms with Crippen LogP contribution in [-0.2, 0) is 23.9 Å². The maximum absolute atomic E-state index is 12.6. The minimum absolute atomic E-state index is 0.137. The SMILES string of the molecule is CCCC[C@@H](C=O)OC(=O)[C@H](CC(C)C)NC(=O)[C@H](CC(C)C)NC(C)=O. The minimum atomic E-state index is -0.856. The molecule has 7 heteroatoms. The maximum Gasteiger partial charge on any atom is 0.329 e. The van der Waals surface area contributed by atoms with Gasteiger partial charge in [0.15, 0.2) is 12.4 Å². The molecular formula is C20H36N2O5. The van der Waals surface area contributed by atoms with Gasteiger partial charge in [0.25, 0.3) is 0 Å². The zero-order valence-electron chi connectivity index (χ0n) is 17.5. The van der Waals surface area contributed by atoms with E-state index < -0.39 is 30.1 Å². The molecule has 0 fully saturated rings. The molecule has 0 aliphatic heterocycles. The van der Waals surface area contributed by atoms with Gasteiger partial charge in [0.2, 0.25) is 11.8 Å². The largest absolute Gasteiger partial charge is 0.453 e. The smallest absolute Gasteiger partial charge is 0.329 e. The van der Waals surface area contributed by atoms with Crippen LogP contribution in [0.15, 0.2) is 0 Å². The van der Waals surface area contributed by atoms with E-state index in [9.17, 15) is 19.2 Å². The molecule has 0 aromatic carbocycles. The quantitative estimate of drug-likeness (QED) is 0.375. The van der Waals surface area contributed by atoms with Crippen LogP contribution in [0.4, 0.5) is 0 Å². The topological polar surface area (TPSA) is 102 Å². The number of esters is 1. The molecular weight excluding hydrogens is 348 g/mol. The normalized spacial score (nSPS) is 14.4. The molecule has 27 heavy (non-hydrogen) atoms. The molecule has 0 spiro atoms. The molecule has 0 aliphatic rings. The number of carbonyl (C=O) groups is 4. The molecule has 0 unspecified atom stereocenters. The lowest BCUT2D eigenvalue weighted by Gasteiger charge is -2.25. The first-order valence-electron chi connectivity index (χ1n) is 9.83. The number of hydrogen-bond acceptors (Lipinski definition) is 5. The number of nitrogens with one attached hydrogen (secondary N) is 2. The van der Waals surface area contributed by atoms with Crippen molar-refractivity contribution in [2.24, 2.45) is 11.8 Å². The number of carbonyl (C=O) groups excluding carboxylic acids is 4. The summed E-state index contributed by atoms with van der Waals surface area (Å²) in [5.41, 5.74) is 0. The lowest BCUT2D eigenvalue weighted by atomic mass is 10.0.